The second-order valence-electron chi connectivity index (χ2n) is 8.07. The molecular weight excluding hydrogens is 405 g/mol. The van der Waals surface area contributed by atoms with E-state index in [-0.39, 0.29) is 18.0 Å². The fourth-order valence-corrected chi connectivity index (χ4v) is 4.87. The van der Waals surface area contributed by atoms with E-state index in [0.29, 0.717) is 30.3 Å². The summed E-state index contributed by atoms with van der Waals surface area (Å²) in [4.78, 5) is 25.3. The second kappa shape index (κ2) is 6.83. The zero-order valence-electron chi connectivity index (χ0n) is 17.0. The standard InChI is InChI=1S/C20H22FN7OS/c1-4-20(7-12(21)8-20)28-10-17(29)27(3)16-9-22-19(24-18(16)28)23-13-6-15-14(5-11(13)2)25-30-26-15/h5-6,9,12H,4,7-8,10H2,1-3H3,(H,22,23,24). The number of halogens is 1. The Morgan fingerprint density at radius 1 is 1.30 bits per heavy atom. The fourth-order valence-electron chi connectivity index (χ4n) is 4.36. The Morgan fingerprint density at radius 2 is 2.03 bits per heavy atom. The van der Waals surface area contributed by atoms with E-state index in [9.17, 15) is 9.18 Å². The highest BCUT2D eigenvalue weighted by molar-refractivity contribution is 7.00. The molecule has 1 aromatic carbocycles. The van der Waals surface area contributed by atoms with Crippen LogP contribution in [0.4, 0.5) is 27.5 Å². The van der Waals surface area contributed by atoms with E-state index in [1.165, 1.54) is 11.7 Å². The van der Waals surface area contributed by atoms with Gasteiger partial charge >= 0.3 is 0 Å². The average Bonchev–Trinajstić information content (AvgIpc) is 3.15. The maximum Gasteiger partial charge on any atom is 0.246 e. The number of carbonyl (C=O) groups is 1. The number of alkyl halides is 1. The number of hydrogen-bond acceptors (Lipinski definition) is 8. The molecule has 1 aliphatic carbocycles. The Balaban J connectivity index is 1.54. The molecule has 1 fully saturated rings. The normalized spacial score (nSPS) is 23.5. The lowest BCUT2D eigenvalue weighted by Crippen LogP contribution is -2.62. The van der Waals surface area contributed by atoms with Crippen molar-refractivity contribution in [1.29, 1.82) is 0 Å². The molecule has 3 aromatic rings. The van der Waals surface area contributed by atoms with Gasteiger partial charge in [0.1, 0.15) is 22.9 Å². The van der Waals surface area contributed by atoms with Gasteiger partial charge in [-0.2, -0.15) is 13.7 Å². The van der Waals surface area contributed by atoms with Crippen LogP contribution in [-0.2, 0) is 4.79 Å². The van der Waals surface area contributed by atoms with Gasteiger partial charge in [-0.15, -0.1) is 0 Å². The van der Waals surface area contributed by atoms with Crippen molar-refractivity contribution in [2.75, 3.05) is 28.7 Å². The number of likely N-dealkylation sites (N-methyl/N-ethyl adjacent to an activating group) is 1. The van der Waals surface area contributed by atoms with Crippen LogP contribution in [0.2, 0.25) is 0 Å². The Kier molecular flexibility index (Phi) is 4.35. The molecule has 0 radical (unpaired) electrons. The van der Waals surface area contributed by atoms with Crippen molar-refractivity contribution in [3.63, 3.8) is 0 Å². The van der Waals surface area contributed by atoms with Crippen LogP contribution in [0.25, 0.3) is 11.0 Å². The number of amides is 1. The van der Waals surface area contributed by atoms with Gasteiger partial charge in [0.2, 0.25) is 11.9 Å². The van der Waals surface area contributed by atoms with Crippen LogP contribution in [0.1, 0.15) is 31.7 Å². The quantitative estimate of drug-likeness (QED) is 0.681. The van der Waals surface area contributed by atoms with Crippen molar-refractivity contribution in [3.05, 3.63) is 23.9 Å². The number of anilines is 4. The summed E-state index contributed by atoms with van der Waals surface area (Å²) in [5.74, 6) is 1.05. The van der Waals surface area contributed by atoms with Crippen LogP contribution in [-0.4, -0.2) is 49.9 Å². The number of benzene rings is 1. The third kappa shape index (κ3) is 2.89. The van der Waals surface area contributed by atoms with Crippen LogP contribution < -0.4 is 15.1 Å². The van der Waals surface area contributed by atoms with Gasteiger partial charge in [0.15, 0.2) is 5.82 Å². The SMILES string of the molecule is CCC1(N2CC(=O)N(C)c3cnc(Nc4cc5nsnc5cc4C)nc32)CC(F)C1. The van der Waals surface area contributed by atoms with Crippen molar-refractivity contribution >= 4 is 51.8 Å². The monoisotopic (exact) mass is 427 g/mol. The third-order valence-corrected chi connectivity index (χ3v) is 6.87. The molecule has 2 aromatic heterocycles. The summed E-state index contributed by atoms with van der Waals surface area (Å²) >= 11 is 1.18. The van der Waals surface area contributed by atoms with Crippen molar-refractivity contribution in [2.45, 2.75) is 44.8 Å². The molecule has 0 unspecified atom stereocenters. The van der Waals surface area contributed by atoms with Crippen LogP contribution >= 0.6 is 11.7 Å². The number of aryl methyl sites for hydroxylation is 1. The molecular formula is C20H22FN7OS. The average molecular weight is 428 g/mol. The highest BCUT2D eigenvalue weighted by Gasteiger charge is 2.51. The first kappa shape index (κ1) is 19.1. The van der Waals surface area contributed by atoms with Crippen LogP contribution in [0.15, 0.2) is 18.3 Å². The molecule has 0 atom stereocenters. The highest BCUT2D eigenvalue weighted by atomic mass is 32.1. The maximum atomic E-state index is 13.8. The molecule has 1 N–H and O–H groups in total. The van der Waals surface area contributed by atoms with Gasteiger partial charge in [0.05, 0.1) is 24.5 Å². The first-order valence-electron chi connectivity index (χ1n) is 9.95. The number of nitrogens with zero attached hydrogens (tertiary/aromatic N) is 6. The van der Waals surface area contributed by atoms with E-state index >= 15 is 0 Å². The minimum Gasteiger partial charge on any atom is -0.340 e. The molecule has 1 aliphatic heterocycles. The molecule has 3 heterocycles. The second-order valence-corrected chi connectivity index (χ2v) is 8.60. The first-order chi connectivity index (χ1) is 14.4. The molecule has 0 saturated heterocycles. The van der Waals surface area contributed by atoms with Crippen LogP contribution in [0, 0.1) is 6.92 Å². The zero-order valence-corrected chi connectivity index (χ0v) is 17.8. The smallest absolute Gasteiger partial charge is 0.246 e. The number of aromatic nitrogens is 4. The van der Waals surface area contributed by atoms with Crippen molar-refractivity contribution < 1.29 is 9.18 Å². The summed E-state index contributed by atoms with van der Waals surface area (Å²) in [5.41, 5.74) is 3.79. The molecule has 0 bridgehead atoms. The van der Waals surface area contributed by atoms with Gasteiger partial charge in [0.25, 0.3) is 0 Å². The lowest BCUT2D eigenvalue weighted by Gasteiger charge is -2.54. The zero-order chi connectivity index (χ0) is 21.0. The Hall–Kier alpha value is -2.88. The van der Waals surface area contributed by atoms with Gasteiger partial charge < -0.3 is 15.1 Å². The molecule has 30 heavy (non-hydrogen) atoms. The summed E-state index contributed by atoms with van der Waals surface area (Å²) in [5, 5.41) is 3.28. The Labute approximate surface area is 177 Å². The Morgan fingerprint density at radius 3 is 2.73 bits per heavy atom. The summed E-state index contributed by atoms with van der Waals surface area (Å²) in [7, 11) is 1.72. The summed E-state index contributed by atoms with van der Waals surface area (Å²) in [6.45, 7) is 4.21. The molecule has 10 heteroatoms. The molecule has 1 saturated carbocycles. The number of rotatable bonds is 4. The fraction of sp³-hybridized carbons (Fsp3) is 0.450. The summed E-state index contributed by atoms with van der Waals surface area (Å²) in [6.07, 6.45) is 2.41. The summed E-state index contributed by atoms with van der Waals surface area (Å²) < 4.78 is 22.4. The van der Waals surface area contributed by atoms with E-state index in [1.807, 2.05) is 30.9 Å². The molecule has 0 spiro atoms. The topological polar surface area (TPSA) is 87.1 Å². The van der Waals surface area contributed by atoms with Gasteiger partial charge in [-0.1, -0.05) is 6.92 Å². The van der Waals surface area contributed by atoms with E-state index in [2.05, 4.69) is 19.0 Å². The van der Waals surface area contributed by atoms with Crippen LogP contribution in [0.3, 0.4) is 0 Å². The molecule has 156 valence electrons. The molecule has 8 nitrogen and oxygen atoms in total. The van der Waals surface area contributed by atoms with E-state index < -0.39 is 6.17 Å². The molecule has 1 amide bonds. The Bertz CT molecular complexity index is 1140. The third-order valence-electron chi connectivity index (χ3n) is 6.31. The minimum atomic E-state index is -0.830. The van der Waals surface area contributed by atoms with Gasteiger partial charge in [-0.3, -0.25) is 4.79 Å². The lowest BCUT2D eigenvalue weighted by molar-refractivity contribution is -0.117. The maximum absolute atomic E-state index is 13.8. The minimum absolute atomic E-state index is 0.0423. The highest BCUT2D eigenvalue weighted by Crippen LogP contribution is 2.47. The van der Waals surface area contributed by atoms with Gasteiger partial charge in [-0.25, -0.2) is 9.37 Å². The van der Waals surface area contributed by atoms with E-state index in [1.54, 1.807) is 18.1 Å². The van der Waals surface area contributed by atoms with E-state index in [4.69, 9.17) is 4.98 Å². The van der Waals surface area contributed by atoms with Crippen molar-refractivity contribution in [2.24, 2.45) is 0 Å². The number of hydrogen-bond donors (Lipinski definition) is 1. The molecule has 2 aliphatic rings. The predicted molar refractivity (Wildman–Crippen MR) is 115 cm³/mol. The lowest BCUT2D eigenvalue weighted by atomic mass is 9.71. The number of carbonyl (C=O) groups excluding carboxylic acids is 1. The van der Waals surface area contributed by atoms with Crippen molar-refractivity contribution in [3.8, 4) is 0 Å². The van der Waals surface area contributed by atoms with Crippen LogP contribution in [0.5, 0.6) is 0 Å². The summed E-state index contributed by atoms with van der Waals surface area (Å²) in [6, 6.07) is 3.90. The largest absolute Gasteiger partial charge is 0.340 e. The van der Waals surface area contributed by atoms with E-state index in [0.717, 1.165) is 28.7 Å². The number of fused-ring (bicyclic) bond motifs is 2. The molecule has 5 rings (SSSR count). The first-order valence-corrected chi connectivity index (χ1v) is 10.7. The van der Waals surface area contributed by atoms with Gasteiger partial charge in [-0.05, 0) is 31.0 Å². The van der Waals surface area contributed by atoms with Crippen molar-refractivity contribution in [1.82, 2.24) is 18.7 Å². The predicted octanol–water partition coefficient (Wildman–Crippen LogP) is 3.60. The number of nitrogens with one attached hydrogen (secondary N) is 1. The van der Waals surface area contributed by atoms with Gasteiger partial charge in [0, 0.05) is 31.1 Å².